The molecule has 4 rings (SSSR count). The van der Waals surface area contributed by atoms with Crippen LogP contribution >= 0.6 is 0 Å². The summed E-state index contributed by atoms with van der Waals surface area (Å²) in [5, 5.41) is 0. The normalized spacial score (nSPS) is 38.5. The van der Waals surface area contributed by atoms with Gasteiger partial charge in [-0.15, -0.1) is 0 Å². The Bertz CT molecular complexity index is 499. The predicted molar refractivity (Wildman–Crippen MR) is 86.1 cm³/mol. The maximum absolute atomic E-state index is 6.36. The van der Waals surface area contributed by atoms with Crippen molar-refractivity contribution >= 4 is 0 Å². The largest absolute Gasteiger partial charge is 0.353 e. The maximum Gasteiger partial charge on any atom is 0.159 e. The number of hydrogen-bond donors (Lipinski definition) is 0. The Morgan fingerprint density at radius 1 is 1.27 bits per heavy atom. The van der Waals surface area contributed by atoms with Crippen LogP contribution in [-0.4, -0.2) is 30.6 Å². The van der Waals surface area contributed by atoms with Crippen LogP contribution in [0.1, 0.15) is 44.6 Å². The third-order valence-corrected chi connectivity index (χ3v) is 5.67. The molecule has 4 unspecified atom stereocenters. The van der Waals surface area contributed by atoms with E-state index in [1.807, 2.05) is 0 Å². The molecule has 120 valence electrons. The fourth-order valence-electron chi connectivity index (χ4n) is 4.13. The number of piperidine rings is 1. The van der Waals surface area contributed by atoms with E-state index < -0.39 is 0 Å². The molecular formula is C19H27NO2. The summed E-state index contributed by atoms with van der Waals surface area (Å²) >= 11 is 0. The molecule has 1 aromatic carbocycles. The van der Waals surface area contributed by atoms with Crippen molar-refractivity contribution in [2.45, 2.75) is 58.1 Å². The van der Waals surface area contributed by atoms with Gasteiger partial charge >= 0.3 is 0 Å². The number of fused-ring (bicyclic) bond motifs is 1. The zero-order valence-corrected chi connectivity index (χ0v) is 13.5. The molecule has 0 aromatic heterocycles. The first-order valence-corrected chi connectivity index (χ1v) is 8.78. The second-order valence-corrected chi connectivity index (χ2v) is 7.57. The van der Waals surface area contributed by atoms with Crippen molar-refractivity contribution in [2.75, 3.05) is 13.2 Å². The van der Waals surface area contributed by atoms with Crippen LogP contribution in [0.4, 0.5) is 0 Å². The molecule has 22 heavy (non-hydrogen) atoms. The molecule has 0 N–H and O–H groups in total. The summed E-state index contributed by atoms with van der Waals surface area (Å²) in [6.07, 6.45) is 6.24. The van der Waals surface area contributed by atoms with Gasteiger partial charge in [-0.3, -0.25) is 4.90 Å². The Hall–Kier alpha value is -0.900. The third-order valence-electron chi connectivity index (χ3n) is 5.67. The van der Waals surface area contributed by atoms with Crippen molar-refractivity contribution in [2.24, 2.45) is 11.3 Å². The average Bonchev–Trinajstić information content (AvgIpc) is 3.19. The summed E-state index contributed by atoms with van der Waals surface area (Å²) in [7, 11) is 0. The Labute approximate surface area is 133 Å². The second kappa shape index (κ2) is 5.95. The maximum atomic E-state index is 6.36. The van der Waals surface area contributed by atoms with E-state index in [-0.39, 0.29) is 12.5 Å². The van der Waals surface area contributed by atoms with Crippen molar-refractivity contribution in [1.29, 1.82) is 0 Å². The van der Waals surface area contributed by atoms with Gasteiger partial charge in [-0.1, -0.05) is 37.3 Å². The van der Waals surface area contributed by atoms with E-state index in [0.29, 0.717) is 5.41 Å². The highest BCUT2D eigenvalue weighted by Gasteiger charge is 2.56. The molecule has 0 bridgehead atoms. The smallest absolute Gasteiger partial charge is 0.159 e. The van der Waals surface area contributed by atoms with Crippen LogP contribution in [0.3, 0.4) is 0 Å². The molecule has 1 aromatic rings. The lowest BCUT2D eigenvalue weighted by Gasteiger charge is -2.40. The fraction of sp³-hybridized carbons (Fsp3) is 0.684. The third kappa shape index (κ3) is 3.08. The number of hydrogen-bond acceptors (Lipinski definition) is 3. The average molecular weight is 301 g/mol. The summed E-state index contributed by atoms with van der Waals surface area (Å²) in [4.78, 5) is 2.54. The van der Waals surface area contributed by atoms with Gasteiger partial charge in [-0.25, -0.2) is 0 Å². The first-order valence-electron chi connectivity index (χ1n) is 8.78. The van der Waals surface area contributed by atoms with E-state index in [2.05, 4.69) is 42.2 Å². The quantitative estimate of drug-likeness (QED) is 0.844. The van der Waals surface area contributed by atoms with Crippen LogP contribution in [0.2, 0.25) is 0 Å². The SMILES string of the molecule is CC12CC1CC(OC1CCCCO1)N(Cc1ccccc1)C2. The van der Waals surface area contributed by atoms with E-state index >= 15 is 0 Å². The standard InChI is InChI=1S/C19H27NO2/c1-19-12-16(19)11-17(22-18-9-5-6-10-21-18)20(14-19)13-15-7-3-2-4-8-15/h2-4,7-8,16-18H,5-6,9-14H2,1H3. The first-order chi connectivity index (χ1) is 10.7. The summed E-state index contributed by atoms with van der Waals surface area (Å²) in [5.41, 5.74) is 1.91. The predicted octanol–water partition coefficient (Wildman–Crippen LogP) is 3.79. The topological polar surface area (TPSA) is 21.7 Å². The summed E-state index contributed by atoms with van der Waals surface area (Å²) in [6.45, 7) is 5.44. The second-order valence-electron chi connectivity index (χ2n) is 7.57. The lowest BCUT2D eigenvalue weighted by atomic mass is 9.97. The lowest BCUT2D eigenvalue weighted by molar-refractivity contribution is -0.231. The molecular weight excluding hydrogens is 274 g/mol. The van der Waals surface area contributed by atoms with Gasteiger partial charge in [0.2, 0.25) is 0 Å². The molecule has 1 saturated carbocycles. The van der Waals surface area contributed by atoms with Crippen molar-refractivity contribution in [3.05, 3.63) is 35.9 Å². The highest BCUT2D eigenvalue weighted by molar-refractivity contribution is 5.15. The lowest BCUT2D eigenvalue weighted by Crippen LogP contribution is -2.46. The van der Waals surface area contributed by atoms with Crippen molar-refractivity contribution in [3.8, 4) is 0 Å². The summed E-state index contributed by atoms with van der Waals surface area (Å²) < 4.78 is 12.2. The number of benzene rings is 1. The molecule has 3 aliphatic rings. The van der Waals surface area contributed by atoms with Gasteiger partial charge in [0, 0.05) is 19.7 Å². The zero-order valence-electron chi connectivity index (χ0n) is 13.5. The first kappa shape index (κ1) is 14.7. The molecule has 1 aliphatic carbocycles. The van der Waals surface area contributed by atoms with Crippen molar-refractivity contribution in [3.63, 3.8) is 0 Å². The minimum absolute atomic E-state index is 0.0140. The minimum Gasteiger partial charge on any atom is -0.353 e. The summed E-state index contributed by atoms with van der Waals surface area (Å²) in [5.74, 6) is 0.855. The Kier molecular flexibility index (Phi) is 3.97. The molecule has 2 saturated heterocycles. The van der Waals surface area contributed by atoms with Gasteiger partial charge < -0.3 is 9.47 Å². The van der Waals surface area contributed by atoms with Crippen LogP contribution < -0.4 is 0 Å². The molecule has 0 radical (unpaired) electrons. The monoisotopic (exact) mass is 301 g/mol. The zero-order chi connectivity index (χ0) is 15.0. The summed E-state index contributed by atoms with van der Waals surface area (Å²) in [6, 6.07) is 10.8. The van der Waals surface area contributed by atoms with Gasteiger partial charge in [-0.2, -0.15) is 0 Å². The molecule has 0 amide bonds. The number of rotatable bonds is 4. The number of nitrogens with zero attached hydrogens (tertiary/aromatic N) is 1. The molecule has 0 spiro atoms. The van der Waals surface area contributed by atoms with Gasteiger partial charge in [0.25, 0.3) is 0 Å². The number of ether oxygens (including phenoxy) is 2. The highest BCUT2D eigenvalue weighted by Crippen LogP contribution is 2.58. The van der Waals surface area contributed by atoms with Crippen LogP contribution in [0.15, 0.2) is 30.3 Å². The van der Waals surface area contributed by atoms with Crippen LogP contribution in [0.5, 0.6) is 0 Å². The Balaban J connectivity index is 1.44. The van der Waals surface area contributed by atoms with E-state index in [1.54, 1.807) is 0 Å². The highest BCUT2D eigenvalue weighted by atomic mass is 16.7. The van der Waals surface area contributed by atoms with Gasteiger partial charge in [0.05, 0.1) is 0 Å². The molecule has 3 heteroatoms. The molecule has 3 fully saturated rings. The minimum atomic E-state index is 0.0140. The van der Waals surface area contributed by atoms with Gasteiger partial charge in [0.15, 0.2) is 6.29 Å². The number of likely N-dealkylation sites (tertiary alicyclic amines) is 1. The van der Waals surface area contributed by atoms with Gasteiger partial charge in [0.1, 0.15) is 6.23 Å². The fourth-order valence-corrected chi connectivity index (χ4v) is 4.13. The molecule has 2 aliphatic heterocycles. The Morgan fingerprint density at radius 3 is 2.91 bits per heavy atom. The van der Waals surface area contributed by atoms with Gasteiger partial charge in [-0.05, 0) is 49.0 Å². The van der Waals surface area contributed by atoms with Crippen molar-refractivity contribution in [1.82, 2.24) is 4.90 Å². The van der Waals surface area contributed by atoms with E-state index in [0.717, 1.165) is 32.0 Å². The van der Waals surface area contributed by atoms with E-state index in [1.165, 1.54) is 31.2 Å². The Morgan fingerprint density at radius 2 is 2.14 bits per heavy atom. The van der Waals surface area contributed by atoms with E-state index in [4.69, 9.17) is 9.47 Å². The van der Waals surface area contributed by atoms with Crippen molar-refractivity contribution < 1.29 is 9.47 Å². The van der Waals surface area contributed by atoms with Crippen LogP contribution in [-0.2, 0) is 16.0 Å². The van der Waals surface area contributed by atoms with Crippen LogP contribution in [0, 0.1) is 11.3 Å². The van der Waals surface area contributed by atoms with E-state index in [9.17, 15) is 0 Å². The molecule has 3 nitrogen and oxygen atoms in total. The molecule has 4 atom stereocenters. The van der Waals surface area contributed by atoms with Crippen LogP contribution in [0.25, 0.3) is 0 Å². The molecule has 2 heterocycles.